The number of carbonyl (C=O) groups is 1. The summed E-state index contributed by atoms with van der Waals surface area (Å²) in [5, 5.41) is 0. The summed E-state index contributed by atoms with van der Waals surface area (Å²) in [7, 11) is -4.23. The van der Waals surface area contributed by atoms with Crippen LogP contribution >= 0.6 is 22.6 Å². The molecule has 0 radical (unpaired) electrons. The van der Waals surface area contributed by atoms with E-state index in [1.807, 2.05) is 0 Å². The number of sulfonamides is 1. The van der Waals surface area contributed by atoms with Gasteiger partial charge >= 0.3 is 5.97 Å². The van der Waals surface area contributed by atoms with E-state index in [-0.39, 0.29) is 17.1 Å². The number of benzene rings is 1. The van der Waals surface area contributed by atoms with Crippen LogP contribution in [0.1, 0.15) is 17.3 Å². The fourth-order valence-corrected chi connectivity index (χ4v) is 3.02. The molecule has 0 aromatic heterocycles. The molecule has 0 saturated heterocycles. The van der Waals surface area contributed by atoms with E-state index in [4.69, 9.17) is 4.74 Å². The van der Waals surface area contributed by atoms with Crippen molar-refractivity contribution in [1.29, 1.82) is 0 Å². The van der Waals surface area contributed by atoms with E-state index in [1.54, 1.807) is 35.6 Å². The lowest BCUT2D eigenvalue weighted by Gasteiger charge is -2.08. The number of rotatable bonds is 4. The van der Waals surface area contributed by atoms with Crippen LogP contribution in [0.15, 0.2) is 27.5 Å². The lowest BCUT2D eigenvalue weighted by atomic mass is 10.2. The van der Waals surface area contributed by atoms with E-state index in [1.165, 1.54) is 12.1 Å². The van der Waals surface area contributed by atoms with Crippen molar-refractivity contribution in [2.24, 2.45) is 4.40 Å². The van der Waals surface area contributed by atoms with E-state index in [0.717, 1.165) is 6.08 Å². The minimum absolute atomic E-state index is 0.111. The van der Waals surface area contributed by atoms with Crippen molar-refractivity contribution in [2.45, 2.75) is 11.8 Å². The molecule has 0 aliphatic heterocycles. The van der Waals surface area contributed by atoms with E-state index in [2.05, 4.69) is 4.40 Å². The van der Waals surface area contributed by atoms with Crippen molar-refractivity contribution in [3.8, 4) is 0 Å². The average molecular weight is 381 g/mol. The molecule has 8 heteroatoms. The number of esters is 1. The van der Waals surface area contributed by atoms with Crippen LogP contribution in [0.2, 0.25) is 0 Å². The standard InChI is InChI=1S/C10H8INO5S/c1-2-17-10(14)9-7(11)4-3-5-8(9)18(15,16)12-6-13/h3-5H,2H2,1H3. The van der Waals surface area contributed by atoms with Gasteiger partial charge in [-0.1, -0.05) is 10.5 Å². The van der Waals surface area contributed by atoms with Gasteiger partial charge in [0.25, 0.3) is 16.1 Å². The summed E-state index contributed by atoms with van der Waals surface area (Å²) in [5.41, 5.74) is -0.126. The zero-order valence-corrected chi connectivity index (χ0v) is 12.2. The third kappa shape index (κ3) is 3.15. The number of carbonyl (C=O) groups excluding carboxylic acids is 2. The highest BCUT2D eigenvalue weighted by Crippen LogP contribution is 2.23. The maximum Gasteiger partial charge on any atom is 0.340 e. The van der Waals surface area contributed by atoms with Gasteiger partial charge in [0.15, 0.2) is 0 Å². The molecule has 1 aromatic rings. The van der Waals surface area contributed by atoms with Crippen LogP contribution in [-0.2, 0) is 19.6 Å². The zero-order valence-electron chi connectivity index (χ0n) is 9.21. The fraction of sp³-hybridized carbons (Fsp3) is 0.200. The lowest BCUT2D eigenvalue weighted by molar-refractivity contribution is 0.0520. The largest absolute Gasteiger partial charge is 0.462 e. The maximum atomic E-state index is 11.7. The Hall–Kier alpha value is -1.25. The van der Waals surface area contributed by atoms with Gasteiger partial charge in [-0.05, 0) is 41.6 Å². The normalized spacial score (nSPS) is 10.6. The van der Waals surface area contributed by atoms with Gasteiger partial charge < -0.3 is 4.74 Å². The van der Waals surface area contributed by atoms with Crippen molar-refractivity contribution in [1.82, 2.24) is 0 Å². The summed E-state index contributed by atoms with van der Waals surface area (Å²) >= 11 is 1.80. The third-order valence-corrected chi connectivity index (χ3v) is 4.00. The highest BCUT2D eigenvalue weighted by atomic mass is 127. The molecule has 0 spiro atoms. The van der Waals surface area contributed by atoms with E-state index < -0.39 is 16.0 Å². The molecular formula is C10H8INO5S. The third-order valence-electron chi connectivity index (χ3n) is 1.89. The monoisotopic (exact) mass is 381 g/mol. The number of hydrogen-bond donors (Lipinski definition) is 0. The second kappa shape index (κ2) is 6.07. The van der Waals surface area contributed by atoms with Crippen LogP contribution in [0.3, 0.4) is 0 Å². The molecular weight excluding hydrogens is 373 g/mol. The van der Waals surface area contributed by atoms with Crippen LogP contribution in [0.4, 0.5) is 0 Å². The summed E-state index contributed by atoms with van der Waals surface area (Å²) in [5.74, 6) is -0.776. The van der Waals surface area contributed by atoms with Gasteiger partial charge in [-0.3, -0.25) is 0 Å². The number of isocyanates is 1. The van der Waals surface area contributed by atoms with Gasteiger partial charge in [-0.2, -0.15) is 8.42 Å². The van der Waals surface area contributed by atoms with Gasteiger partial charge in [0.2, 0.25) is 0 Å². The molecule has 0 bridgehead atoms. The predicted molar refractivity (Wildman–Crippen MR) is 70.4 cm³/mol. The molecule has 0 N–H and O–H groups in total. The van der Waals surface area contributed by atoms with Gasteiger partial charge in [0.1, 0.15) is 4.90 Å². The molecule has 0 heterocycles. The number of ether oxygens (including phenoxy) is 1. The van der Waals surface area contributed by atoms with Crippen molar-refractivity contribution < 1.29 is 22.7 Å². The first-order valence-electron chi connectivity index (χ1n) is 4.73. The first-order valence-corrected chi connectivity index (χ1v) is 7.25. The summed E-state index contributed by atoms with van der Waals surface area (Å²) in [6.45, 7) is 1.71. The average Bonchev–Trinajstić information content (AvgIpc) is 2.28. The summed E-state index contributed by atoms with van der Waals surface area (Å²) in [6, 6.07) is 4.18. The zero-order chi connectivity index (χ0) is 13.8. The van der Waals surface area contributed by atoms with Crippen LogP contribution in [-0.4, -0.2) is 27.1 Å². The molecule has 0 aliphatic carbocycles. The Bertz CT molecular complexity index is 619. The number of halogens is 1. The van der Waals surface area contributed by atoms with Gasteiger partial charge in [-0.15, -0.1) is 0 Å². The van der Waals surface area contributed by atoms with Gasteiger partial charge in [-0.25, -0.2) is 9.59 Å². The SMILES string of the molecule is CCOC(=O)c1c(I)cccc1S(=O)(=O)N=C=O. The molecule has 0 atom stereocenters. The molecule has 1 aromatic carbocycles. The highest BCUT2D eigenvalue weighted by Gasteiger charge is 2.25. The van der Waals surface area contributed by atoms with Crippen molar-refractivity contribution in [3.05, 3.63) is 27.3 Å². The highest BCUT2D eigenvalue weighted by molar-refractivity contribution is 14.1. The first kappa shape index (κ1) is 14.8. The number of hydrogen-bond acceptors (Lipinski definition) is 5. The quantitative estimate of drug-likeness (QED) is 0.341. The Balaban J connectivity index is 3.51. The fourth-order valence-electron chi connectivity index (χ4n) is 1.22. The molecule has 1 rings (SSSR count). The van der Waals surface area contributed by atoms with E-state index in [9.17, 15) is 18.0 Å². The lowest BCUT2D eigenvalue weighted by Crippen LogP contribution is -2.12. The molecule has 96 valence electrons. The molecule has 0 aliphatic rings. The molecule has 0 saturated carbocycles. The Kier molecular flexibility index (Phi) is 5.00. The van der Waals surface area contributed by atoms with Crippen LogP contribution < -0.4 is 0 Å². The number of nitrogens with zero attached hydrogens (tertiary/aromatic N) is 1. The maximum absolute atomic E-state index is 11.7. The van der Waals surface area contributed by atoms with Crippen molar-refractivity contribution in [3.63, 3.8) is 0 Å². The van der Waals surface area contributed by atoms with Crippen molar-refractivity contribution in [2.75, 3.05) is 6.61 Å². The Morgan fingerprint density at radius 1 is 1.50 bits per heavy atom. The summed E-state index contributed by atoms with van der Waals surface area (Å²) < 4.78 is 31.2. The van der Waals surface area contributed by atoms with Gasteiger partial charge in [0.05, 0.1) is 12.2 Å². The smallest absolute Gasteiger partial charge is 0.340 e. The molecule has 0 amide bonds. The minimum Gasteiger partial charge on any atom is -0.462 e. The Morgan fingerprint density at radius 3 is 2.72 bits per heavy atom. The molecule has 0 fully saturated rings. The second-order valence-corrected chi connectivity index (χ2v) is 5.73. The summed E-state index contributed by atoms with van der Waals surface area (Å²) in [6.07, 6.45) is 0.957. The summed E-state index contributed by atoms with van der Waals surface area (Å²) in [4.78, 5) is 21.4. The van der Waals surface area contributed by atoms with E-state index in [0.29, 0.717) is 3.57 Å². The predicted octanol–water partition coefficient (Wildman–Crippen LogP) is 1.49. The van der Waals surface area contributed by atoms with Crippen molar-refractivity contribution >= 4 is 44.7 Å². The van der Waals surface area contributed by atoms with Crippen LogP contribution in [0.5, 0.6) is 0 Å². The van der Waals surface area contributed by atoms with Crippen LogP contribution in [0.25, 0.3) is 0 Å². The van der Waals surface area contributed by atoms with Gasteiger partial charge in [0, 0.05) is 3.57 Å². The van der Waals surface area contributed by atoms with E-state index >= 15 is 0 Å². The molecule has 0 unspecified atom stereocenters. The Labute approximate surface area is 117 Å². The topological polar surface area (TPSA) is 89.9 Å². The van der Waals surface area contributed by atoms with Crippen LogP contribution in [0, 0.1) is 3.57 Å². The molecule has 6 nitrogen and oxygen atoms in total. The first-order chi connectivity index (χ1) is 8.44. The Morgan fingerprint density at radius 2 is 2.17 bits per heavy atom. The minimum atomic E-state index is -4.23. The second-order valence-electron chi connectivity index (χ2n) is 2.99. The molecule has 18 heavy (non-hydrogen) atoms.